The second-order valence-electron chi connectivity index (χ2n) is 10.9. The Morgan fingerprint density at radius 3 is 2.09 bits per heavy atom. The molecule has 8 nitrogen and oxygen atoms in total. The highest BCUT2D eigenvalue weighted by Crippen LogP contribution is 2.38. The van der Waals surface area contributed by atoms with Crippen molar-refractivity contribution in [3.05, 3.63) is 28.8 Å². The SMILES string of the molecule is Cc1c(CB2OC(C)(C)C(C)(C)O2)cc(C(=O)O)cc1N1CCN(C(=O)OC(C)(C)C)CC1. The van der Waals surface area contributed by atoms with Crippen molar-refractivity contribution < 1.29 is 28.7 Å². The highest BCUT2D eigenvalue weighted by atomic mass is 16.7. The van der Waals surface area contributed by atoms with Crippen molar-refractivity contribution in [1.29, 1.82) is 0 Å². The molecule has 0 radical (unpaired) electrons. The lowest BCUT2D eigenvalue weighted by atomic mass is 9.78. The molecule has 2 fully saturated rings. The molecule has 1 aromatic rings. The number of rotatable bonds is 4. The summed E-state index contributed by atoms with van der Waals surface area (Å²) in [6, 6.07) is 3.43. The fourth-order valence-electron chi connectivity index (χ4n) is 4.11. The van der Waals surface area contributed by atoms with Crippen molar-refractivity contribution in [3.8, 4) is 0 Å². The molecule has 0 aromatic heterocycles. The van der Waals surface area contributed by atoms with Crippen LogP contribution >= 0.6 is 0 Å². The number of benzene rings is 1. The second kappa shape index (κ2) is 8.83. The lowest BCUT2D eigenvalue weighted by molar-refractivity contribution is 0.00578. The number of nitrogens with zero attached hydrogens (tertiary/aromatic N) is 2. The van der Waals surface area contributed by atoms with Crippen molar-refractivity contribution in [2.45, 2.75) is 78.5 Å². The third-order valence-corrected chi connectivity index (χ3v) is 6.70. The molecule has 0 unspecified atom stereocenters. The van der Waals surface area contributed by atoms with Gasteiger partial charge in [0.2, 0.25) is 0 Å². The molecule has 1 amide bonds. The Bertz CT molecular complexity index is 900. The molecule has 2 heterocycles. The Morgan fingerprint density at radius 2 is 1.61 bits per heavy atom. The Morgan fingerprint density at radius 1 is 1.06 bits per heavy atom. The smallest absolute Gasteiger partial charge is 0.462 e. The summed E-state index contributed by atoms with van der Waals surface area (Å²) in [4.78, 5) is 28.1. The molecule has 0 aliphatic carbocycles. The van der Waals surface area contributed by atoms with Gasteiger partial charge in [0.15, 0.2) is 0 Å². The van der Waals surface area contributed by atoms with Gasteiger partial charge in [-0.3, -0.25) is 0 Å². The Kier molecular flexibility index (Phi) is 6.79. The van der Waals surface area contributed by atoms with Crippen molar-refractivity contribution in [2.75, 3.05) is 31.1 Å². The van der Waals surface area contributed by atoms with E-state index in [1.54, 1.807) is 17.0 Å². The third kappa shape index (κ3) is 5.63. The van der Waals surface area contributed by atoms with Crippen molar-refractivity contribution in [1.82, 2.24) is 4.90 Å². The van der Waals surface area contributed by atoms with Gasteiger partial charge >= 0.3 is 19.2 Å². The van der Waals surface area contributed by atoms with Crippen LogP contribution in [0, 0.1) is 6.92 Å². The number of ether oxygens (including phenoxy) is 1. The van der Waals surface area contributed by atoms with Gasteiger partial charge in [0.05, 0.1) is 16.8 Å². The molecule has 2 aliphatic rings. The summed E-state index contributed by atoms with van der Waals surface area (Å²) in [7, 11) is -0.449. The van der Waals surface area contributed by atoms with Gasteiger partial charge in [0, 0.05) is 38.2 Å². The highest BCUT2D eigenvalue weighted by molar-refractivity contribution is 6.45. The maximum atomic E-state index is 12.4. The number of hydrogen-bond acceptors (Lipinski definition) is 6. The molecule has 1 aromatic carbocycles. The predicted octanol–water partition coefficient (Wildman–Crippen LogP) is 3.92. The topological polar surface area (TPSA) is 88.5 Å². The molecule has 3 rings (SSSR count). The van der Waals surface area contributed by atoms with Crippen LogP contribution in [0.4, 0.5) is 10.5 Å². The van der Waals surface area contributed by atoms with E-state index in [2.05, 4.69) is 4.90 Å². The number of hydrogen-bond donors (Lipinski definition) is 1. The van der Waals surface area contributed by atoms with Gasteiger partial charge in [-0.2, -0.15) is 0 Å². The number of piperazine rings is 1. The quantitative estimate of drug-likeness (QED) is 0.682. The number of aromatic carboxylic acids is 1. The zero-order valence-corrected chi connectivity index (χ0v) is 21.2. The summed E-state index contributed by atoms with van der Waals surface area (Å²) in [5.41, 5.74) is 1.55. The van der Waals surface area contributed by atoms with Crippen LogP contribution in [0.2, 0.25) is 0 Å². The molecule has 182 valence electrons. The average molecular weight is 460 g/mol. The summed E-state index contributed by atoms with van der Waals surface area (Å²) in [6.07, 6.45) is 0.143. The molecule has 0 spiro atoms. The van der Waals surface area contributed by atoms with Gasteiger partial charge in [-0.1, -0.05) is 0 Å². The third-order valence-electron chi connectivity index (χ3n) is 6.70. The molecule has 0 bridgehead atoms. The number of carboxylic acids is 1. The van der Waals surface area contributed by atoms with Gasteiger partial charge in [-0.15, -0.1) is 0 Å². The number of carbonyl (C=O) groups is 2. The number of carbonyl (C=O) groups excluding carboxylic acids is 1. The first-order valence-electron chi connectivity index (χ1n) is 11.5. The van der Waals surface area contributed by atoms with Gasteiger partial charge < -0.3 is 29.0 Å². The normalized spacial score (nSPS) is 20.2. The van der Waals surface area contributed by atoms with E-state index in [0.29, 0.717) is 32.5 Å². The summed E-state index contributed by atoms with van der Waals surface area (Å²) in [5.74, 6) is -0.973. The fourth-order valence-corrected chi connectivity index (χ4v) is 4.11. The minimum atomic E-state index is -0.973. The standard InChI is InChI=1S/C24H37BN2O6/c1-16-18(15-25-32-23(5,6)24(7,8)33-25)13-17(20(28)29)14-19(16)26-9-11-27(12-10-26)21(30)31-22(2,3)4/h13-14H,9-12,15H2,1-8H3,(H,28,29). The van der Waals surface area contributed by atoms with Crippen LogP contribution in [-0.4, -0.2) is 72.2 Å². The zero-order valence-electron chi connectivity index (χ0n) is 21.2. The number of anilines is 1. The van der Waals surface area contributed by atoms with E-state index in [1.165, 1.54) is 0 Å². The van der Waals surface area contributed by atoms with Crippen molar-refractivity contribution in [2.24, 2.45) is 0 Å². The predicted molar refractivity (Wildman–Crippen MR) is 128 cm³/mol. The monoisotopic (exact) mass is 460 g/mol. The van der Waals surface area contributed by atoms with Crippen molar-refractivity contribution in [3.63, 3.8) is 0 Å². The summed E-state index contributed by atoms with van der Waals surface area (Å²) >= 11 is 0. The van der Waals surface area contributed by atoms with Crippen LogP contribution < -0.4 is 4.90 Å². The van der Waals surface area contributed by atoms with E-state index in [4.69, 9.17) is 14.0 Å². The van der Waals surface area contributed by atoms with E-state index in [9.17, 15) is 14.7 Å². The minimum absolute atomic E-state index is 0.233. The molecule has 33 heavy (non-hydrogen) atoms. The first-order valence-corrected chi connectivity index (χ1v) is 11.5. The van der Waals surface area contributed by atoms with Crippen LogP contribution in [0.25, 0.3) is 0 Å². The highest BCUT2D eigenvalue weighted by Gasteiger charge is 2.51. The molecule has 0 saturated carbocycles. The molecule has 0 atom stereocenters. The average Bonchev–Trinajstić information content (AvgIpc) is 2.88. The second-order valence-corrected chi connectivity index (χ2v) is 10.9. The summed E-state index contributed by atoms with van der Waals surface area (Å²) in [6.45, 7) is 17.8. The lowest BCUT2D eigenvalue weighted by Gasteiger charge is -2.37. The van der Waals surface area contributed by atoms with Crippen LogP contribution in [-0.2, 0) is 20.4 Å². The molecule has 1 N–H and O–H groups in total. The maximum absolute atomic E-state index is 12.4. The molecule has 2 saturated heterocycles. The fraction of sp³-hybridized carbons (Fsp3) is 0.667. The van der Waals surface area contributed by atoms with E-state index >= 15 is 0 Å². The molecule has 2 aliphatic heterocycles. The van der Waals surface area contributed by atoms with Gasteiger partial charge in [0.1, 0.15) is 5.60 Å². The largest absolute Gasteiger partial charge is 0.478 e. The number of amides is 1. The summed E-state index contributed by atoms with van der Waals surface area (Å²) in [5, 5.41) is 9.72. The first-order chi connectivity index (χ1) is 15.1. The zero-order chi connectivity index (χ0) is 24.8. The van der Waals surface area contributed by atoms with Crippen LogP contribution in [0.1, 0.15) is 70.0 Å². The molecular formula is C24H37BN2O6. The Balaban J connectivity index is 1.79. The minimum Gasteiger partial charge on any atom is -0.478 e. The Labute approximate surface area is 197 Å². The molecule has 9 heteroatoms. The van der Waals surface area contributed by atoms with E-state index in [0.717, 1.165) is 16.8 Å². The van der Waals surface area contributed by atoms with Crippen molar-refractivity contribution >= 4 is 24.9 Å². The van der Waals surface area contributed by atoms with Gasteiger partial charge in [-0.25, -0.2) is 9.59 Å². The lowest BCUT2D eigenvalue weighted by Crippen LogP contribution is -2.50. The first kappa shape index (κ1) is 25.4. The summed E-state index contributed by atoms with van der Waals surface area (Å²) < 4.78 is 17.8. The van der Waals surface area contributed by atoms with Crippen LogP contribution in [0.5, 0.6) is 0 Å². The number of carboxylic acid groups (broad SMARTS) is 1. The van der Waals surface area contributed by atoms with Gasteiger partial charge in [0.25, 0.3) is 0 Å². The van der Waals surface area contributed by atoms with Gasteiger partial charge in [-0.05, 0) is 78.6 Å². The van der Waals surface area contributed by atoms with E-state index < -0.39 is 29.9 Å². The maximum Gasteiger partial charge on any atom is 0.462 e. The molecular weight excluding hydrogens is 423 g/mol. The van der Waals surface area contributed by atoms with Crippen LogP contribution in [0.3, 0.4) is 0 Å². The Hall–Kier alpha value is -2.26. The van der Waals surface area contributed by atoms with E-state index in [1.807, 2.05) is 55.4 Å². The van der Waals surface area contributed by atoms with E-state index in [-0.39, 0.29) is 11.7 Å². The van der Waals surface area contributed by atoms with Crippen LogP contribution in [0.15, 0.2) is 12.1 Å².